The summed E-state index contributed by atoms with van der Waals surface area (Å²) < 4.78 is 5.73. The molecule has 0 unspecified atom stereocenters. The molecule has 0 saturated heterocycles. The van der Waals surface area contributed by atoms with Crippen LogP contribution in [-0.4, -0.2) is 24.7 Å². The van der Waals surface area contributed by atoms with E-state index in [0.717, 1.165) is 17.0 Å². The van der Waals surface area contributed by atoms with Crippen LogP contribution in [-0.2, 0) is 11.4 Å². The molecule has 0 atom stereocenters. The lowest BCUT2D eigenvalue weighted by molar-refractivity contribution is -0.136. The van der Waals surface area contributed by atoms with Gasteiger partial charge in [-0.2, -0.15) is 0 Å². The summed E-state index contributed by atoms with van der Waals surface area (Å²) >= 11 is 0. The fraction of sp³-hybridized carbons (Fsp3) is 0.235. The molecule has 0 spiro atoms. The van der Waals surface area contributed by atoms with E-state index in [-0.39, 0.29) is 6.42 Å². The summed E-state index contributed by atoms with van der Waals surface area (Å²) in [6, 6.07) is 17.5. The highest BCUT2D eigenvalue weighted by Crippen LogP contribution is 2.19. The number of nitrogens with zero attached hydrogens (tertiary/aromatic N) is 1. The number of hydrogen-bond acceptors (Lipinski definition) is 4. The van der Waals surface area contributed by atoms with Crippen LogP contribution in [0.5, 0.6) is 5.75 Å². The first-order chi connectivity index (χ1) is 10.7. The van der Waals surface area contributed by atoms with Crippen molar-refractivity contribution in [2.45, 2.75) is 13.0 Å². The lowest BCUT2D eigenvalue weighted by atomic mass is 10.2. The monoisotopic (exact) mass is 300 g/mol. The zero-order chi connectivity index (χ0) is 15.8. The Balaban J connectivity index is 1.92. The van der Waals surface area contributed by atoms with Crippen molar-refractivity contribution < 1.29 is 14.6 Å². The largest absolute Gasteiger partial charge is 0.489 e. The number of anilines is 1. The molecule has 0 aliphatic rings. The Morgan fingerprint density at radius 2 is 1.82 bits per heavy atom. The van der Waals surface area contributed by atoms with Crippen LogP contribution in [0.4, 0.5) is 5.69 Å². The first-order valence-electron chi connectivity index (χ1n) is 7.12. The first-order valence-corrected chi connectivity index (χ1v) is 7.12. The lowest BCUT2D eigenvalue weighted by Gasteiger charge is -2.22. The second-order valence-corrected chi connectivity index (χ2v) is 4.79. The smallest absolute Gasteiger partial charge is 0.305 e. The molecule has 2 aromatic carbocycles. The predicted octanol–water partition coefficient (Wildman–Crippen LogP) is 2.68. The van der Waals surface area contributed by atoms with Crippen LogP contribution in [0.2, 0.25) is 0 Å². The summed E-state index contributed by atoms with van der Waals surface area (Å²) in [6.45, 7) is 0.922. The van der Waals surface area contributed by atoms with Gasteiger partial charge in [0.05, 0.1) is 12.1 Å². The van der Waals surface area contributed by atoms with Gasteiger partial charge >= 0.3 is 5.97 Å². The molecule has 22 heavy (non-hydrogen) atoms. The molecule has 0 amide bonds. The average molecular weight is 300 g/mol. The van der Waals surface area contributed by atoms with E-state index in [1.807, 2.05) is 54.6 Å². The highest BCUT2D eigenvalue weighted by molar-refractivity contribution is 5.67. The van der Waals surface area contributed by atoms with Crippen molar-refractivity contribution in [2.75, 3.05) is 18.6 Å². The zero-order valence-corrected chi connectivity index (χ0v) is 12.5. The van der Waals surface area contributed by atoms with Crippen molar-refractivity contribution in [2.24, 2.45) is 0 Å². The van der Waals surface area contributed by atoms with E-state index in [9.17, 15) is 4.79 Å². The van der Waals surface area contributed by atoms with E-state index in [1.54, 1.807) is 12.1 Å². The number of carbonyl (C=O) groups is 1. The fourth-order valence-corrected chi connectivity index (χ4v) is 2.04. The number of rotatable bonds is 8. The van der Waals surface area contributed by atoms with Gasteiger partial charge in [-0.3, -0.25) is 4.79 Å². The zero-order valence-electron chi connectivity index (χ0n) is 12.5. The third-order valence-corrected chi connectivity index (χ3v) is 3.22. The minimum atomic E-state index is -0.817. The Labute approximate surface area is 130 Å². The number of carboxylic acids is 1. The number of ether oxygens (including phenoxy) is 1. The molecular weight excluding hydrogens is 280 g/mol. The molecule has 0 aromatic heterocycles. The van der Waals surface area contributed by atoms with Crippen molar-refractivity contribution in [1.82, 2.24) is 5.43 Å². The topological polar surface area (TPSA) is 61.8 Å². The molecule has 0 radical (unpaired) electrons. The van der Waals surface area contributed by atoms with Crippen LogP contribution in [0, 0.1) is 0 Å². The average Bonchev–Trinajstić information content (AvgIpc) is 2.55. The van der Waals surface area contributed by atoms with E-state index in [4.69, 9.17) is 9.84 Å². The van der Waals surface area contributed by atoms with Crippen molar-refractivity contribution in [3.8, 4) is 5.75 Å². The second kappa shape index (κ2) is 8.05. The van der Waals surface area contributed by atoms with E-state index in [1.165, 1.54) is 0 Å². The van der Waals surface area contributed by atoms with Gasteiger partial charge in [0.25, 0.3) is 0 Å². The normalized spacial score (nSPS) is 10.2. The fourth-order valence-electron chi connectivity index (χ4n) is 2.04. The number of aliphatic carboxylic acids is 1. The van der Waals surface area contributed by atoms with Crippen molar-refractivity contribution >= 4 is 11.7 Å². The second-order valence-electron chi connectivity index (χ2n) is 4.79. The van der Waals surface area contributed by atoms with Gasteiger partial charge in [-0.15, -0.1) is 0 Å². The van der Waals surface area contributed by atoms with Gasteiger partial charge in [-0.05, 0) is 29.8 Å². The minimum absolute atomic E-state index is 0.0765. The van der Waals surface area contributed by atoms with Gasteiger partial charge in [-0.25, -0.2) is 5.43 Å². The summed E-state index contributed by atoms with van der Waals surface area (Å²) in [6.07, 6.45) is 0.0765. The molecule has 2 N–H and O–H groups in total. The Morgan fingerprint density at radius 1 is 1.14 bits per heavy atom. The quantitative estimate of drug-likeness (QED) is 0.734. The number of hydrazine groups is 1. The number of hydrogen-bond donors (Lipinski definition) is 2. The van der Waals surface area contributed by atoms with E-state index in [2.05, 4.69) is 5.43 Å². The van der Waals surface area contributed by atoms with Gasteiger partial charge in [-0.1, -0.05) is 30.3 Å². The van der Waals surface area contributed by atoms with Gasteiger partial charge < -0.3 is 14.9 Å². The maximum Gasteiger partial charge on any atom is 0.305 e. The summed E-state index contributed by atoms with van der Waals surface area (Å²) in [4.78, 5) is 10.7. The molecular formula is C17H20N2O3. The number of nitrogens with one attached hydrogen (secondary N) is 1. The molecule has 116 valence electrons. The van der Waals surface area contributed by atoms with Crippen molar-refractivity contribution in [3.63, 3.8) is 0 Å². The van der Waals surface area contributed by atoms with Crippen LogP contribution in [0.15, 0.2) is 54.6 Å². The Hall–Kier alpha value is -2.53. The SMILES string of the molecule is CNN(CCC(=O)O)c1ccc(OCc2ccccc2)cc1. The molecule has 0 bridgehead atoms. The summed E-state index contributed by atoms with van der Waals surface area (Å²) in [5, 5.41) is 10.5. The standard InChI is InChI=1S/C17H20N2O3/c1-18-19(12-11-17(20)21)15-7-9-16(10-8-15)22-13-14-5-3-2-4-6-14/h2-10,18H,11-13H2,1H3,(H,20,21). The highest BCUT2D eigenvalue weighted by atomic mass is 16.5. The van der Waals surface area contributed by atoms with Crippen LogP contribution in [0.25, 0.3) is 0 Å². The third kappa shape index (κ3) is 4.79. The molecule has 0 heterocycles. The van der Waals surface area contributed by atoms with Gasteiger partial charge in [0.2, 0.25) is 0 Å². The predicted molar refractivity (Wildman–Crippen MR) is 85.9 cm³/mol. The summed E-state index contributed by atoms with van der Waals surface area (Å²) in [7, 11) is 1.77. The third-order valence-electron chi connectivity index (χ3n) is 3.22. The van der Waals surface area contributed by atoms with Crippen LogP contribution in [0.1, 0.15) is 12.0 Å². The maximum atomic E-state index is 10.7. The van der Waals surface area contributed by atoms with E-state index >= 15 is 0 Å². The number of carboxylic acid groups (broad SMARTS) is 1. The van der Waals surface area contributed by atoms with Crippen molar-refractivity contribution in [3.05, 3.63) is 60.2 Å². The molecule has 0 fully saturated rings. The molecule has 2 rings (SSSR count). The van der Waals surface area contributed by atoms with Crippen LogP contribution in [0.3, 0.4) is 0 Å². The molecule has 5 heteroatoms. The van der Waals surface area contributed by atoms with E-state index in [0.29, 0.717) is 13.2 Å². The minimum Gasteiger partial charge on any atom is -0.489 e. The molecule has 5 nitrogen and oxygen atoms in total. The maximum absolute atomic E-state index is 10.7. The van der Waals surface area contributed by atoms with Gasteiger partial charge in [0, 0.05) is 13.6 Å². The van der Waals surface area contributed by atoms with Gasteiger partial charge in [0.15, 0.2) is 0 Å². The summed E-state index contributed by atoms with van der Waals surface area (Å²) in [5.41, 5.74) is 4.99. The molecule has 0 saturated carbocycles. The van der Waals surface area contributed by atoms with Crippen LogP contribution < -0.4 is 15.2 Å². The van der Waals surface area contributed by atoms with E-state index < -0.39 is 5.97 Å². The Morgan fingerprint density at radius 3 is 2.41 bits per heavy atom. The first kappa shape index (κ1) is 15.9. The summed E-state index contributed by atoms with van der Waals surface area (Å²) in [5.74, 6) is -0.0371. The molecule has 2 aromatic rings. The van der Waals surface area contributed by atoms with Crippen LogP contribution >= 0.6 is 0 Å². The highest BCUT2D eigenvalue weighted by Gasteiger charge is 2.07. The Bertz CT molecular complexity index is 585. The Kier molecular flexibility index (Phi) is 5.80. The van der Waals surface area contributed by atoms with Gasteiger partial charge in [0.1, 0.15) is 12.4 Å². The number of benzene rings is 2. The lowest BCUT2D eigenvalue weighted by Crippen LogP contribution is -2.36. The molecule has 0 aliphatic heterocycles. The molecule has 0 aliphatic carbocycles. The van der Waals surface area contributed by atoms with Crippen molar-refractivity contribution in [1.29, 1.82) is 0 Å².